The first-order valence-electron chi connectivity index (χ1n) is 29.9. The molecule has 0 aliphatic rings. The lowest BCUT2D eigenvalue weighted by Crippen LogP contribution is -2.55. The molecule has 0 aliphatic carbocycles. The van der Waals surface area contributed by atoms with Crippen LogP contribution in [0, 0.1) is 0 Å². The van der Waals surface area contributed by atoms with E-state index in [9.17, 15) is 19.5 Å². The van der Waals surface area contributed by atoms with Gasteiger partial charge < -0.3 is 28.6 Å². The van der Waals surface area contributed by atoms with Crippen molar-refractivity contribution in [2.75, 3.05) is 41.0 Å². The smallest absolute Gasteiger partial charge is 0.306 e. The first-order chi connectivity index (χ1) is 33.6. The molecule has 0 aromatic heterocycles. The second-order valence-corrected chi connectivity index (χ2v) is 21.6. The third-order valence-electron chi connectivity index (χ3n) is 13.8. The topological polar surface area (TPSA) is 102 Å². The Labute approximate surface area is 428 Å². The summed E-state index contributed by atoms with van der Waals surface area (Å²) in [5.74, 6) is -1.72. The SMILES string of the molecule is CCCCCCCCCCC/C=C/C/C=C/CCCCCCCCCC(=O)OC(COCCC(C(=O)[O-])[N+](C)(C)C)COC(=O)CCCCCCCCCCCCCCCCCCCCCCCC. The number of hydrogen-bond acceptors (Lipinski definition) is 7. The van der Waals surface area contributed by atoms with Gasteiger partial charge in [-0.05, 0) is 44.9 Å². The molecule has 0 amide bonds. The van der Waals surface area contributed by atoms with E-state index in [-0.39, 0.29) is 42.7 Å². The van der Waals surface area contributed by atoms with Crippen molar-refractivity contribution >= 4 is 17.9 Å². The van der Waals surface area contributed by atoms with Gasteiger partial charge in [0.1, 0.15) is 12.6 Å². The third-order valence-corrected chi connectivity index (χ3v) is 13.8. The highest BCUT2D eigenvalue weighted by Crippen LogP contribution is 2.17. The molecule has 0 saturated carbocycles. The summed E-state index contributed by atoms with van der Waals surface area (Å²) in [6, 6.07) is -0.726. The Bertz CT molecular complexity index is 1180. The summed E-state index contributed by atoms with van der Waals surface area (Å²) in [5, 5.41) is 11.7. The van der Waals surface area contributed by atoms with Crippen LogP contribution in [0.5, 0.6) is 0 Å². The van der Waals surface area contributed by atoms with E-state index in [1.54, 1.807) is 0 Å². The number of aliphatic carboxylic acids is 1. The highest BCUT2D eigenvalue weighted by Gasteiger charge is 2.25. The van der Waals surface area contributed by atoms with E-state index in [4.69, 9.17) is 14.2 Å². The van der Waals surface area contributed by atoms with Crippen molar-refractivity contribution in [3.05, 3.63) is 24.3 Å². The number of rotatable bonds is 55. The molecule has 0 radical (unpaired) electrons. The van der Waals surface area contributed by atoms with E-state index >= 15 is 0 Å². The fourth-order valence-corrected chi connectivity index (χ4v) is 9.22. The van der Waals surface area contributed by atoms with Crippen LogP contribution >= 0.6 is 0 Å². The Morgan fingerprint density at radius 3 is 1.12 bits per heavy atom. The van der Waals surface area contributed by atoms with Crippen molar-refractivity contribution in [3.63, 3.8) is 0 Å². The van der Waals surface area contributed by atoms with Gasteiger partial charge >= 0.3 is 11.9 Å². The zero-order valence-corrected chi connectivity index (χ0v) is 46.5. The minimum Gasteiger partial charge on any atom is -0.544 e. The molecule has 0 aromatic rings. The summed E-state index contributed by atoms with van der Waals surface area (Å²) in [6.07, 6.45) is 62.3. The van der Waals surface area contributed by atoms with Crippen LogP contribution in [0.3, 0.4) is 0 Å². The van der Waals surface area contributed by atoms with Gasteiger partial charge in [0, 0.05) is 19.3 Å². The van der Waals surface area contributed by atoms with Gasteiger partial charge in [0.25, 0.3) is 0 Å². The number of ether oxygens (including phenoxy) is 3. The van der Waals surface area contributed by atoms with Crippen molar-refractivity contribution in [1.82, 2.24) is 0 Å². The molecule has 0 spiro atoms. The number of hydrogen-bond donors (Lipinski definition) is 0. The molecular weight excluding hydrogens is 859 g/mol. The van der Waals surface area contributed by atoms with E-state index in [1.807, 2.05) is 21.1 Å². The van der Waals surface area contributed by atoms with E-state index in [2.05, 4.69) is 38.2 Å². The average Bonchev–Trinajstić information content (AvgIpc) is 3.31. The largest absolute Gasteiger partial charge is 0.544 e. The second kappa shape index (κ2) is 52.1. The molecule has 69 heavy (non-hydrogen) atoms. The number of esters is 2. The maximum absolute atomic E-state index is 12.8. The monoisotopic (exact) mass is 974 g/mol. The van der Waals surface area contributed by atoms with Crippen molar-refractivity contribution in [3.8, 4) is 0 Å². The lowest BCUT2D eigenvalue weighted by atomic mass is 10.0. The summed E-state index contributed by atoms with van der Waals surface area (Å²) in [4.78, 5) is 37.2. The van der Waals surface area contributed by atoms with Gasteiger partial charge in [-0.25, -0.2) is 0 Å². The minimum absolute atomic E-state index is 0.0423. The Kier molecular flexibility index (Phi) is 50.5. The fourth-order valence-electron chi connectivity index (χ4n) is 9.22. The van der Waals surface area contributed by atoms with Gasteiger partial charge in [0.2, 0.25) is 0 Å². The summed E-state index contributed by atoms with van der Waals surface area (Å²) < 4.78 is 17.3. The summed E-state index contributed by atoms with van der Waals surface area (Å²) in [6.45, 7) is 4.72. The van der Waals surface area contributed by atoms with Gasteiger partial charge in [-0.15, -0.1) is 0 Å². The predicted octanol–water partition coefficient (Wildman–Crippen LogP) is 16.6. The Hall–Kier alpha value is -2.19. The number of unbranched alkanes of at least 4 members (excludes halogenated alkanes) is 37. The normalized spacial score (nSPS) is 12.9. The van der Waals surface area contributed by atoms with Crippen LogP contribution in [-0.2, 0) is 28.6 Å². The Morgan fingerprint density at radius 2 is 0.768 bits per heavy atom. The van der Waals surface area contributed by atoms with Crippen LogP contribution in [0.1, 0.15) is 296 Å². The van der Waals surface area contributed by atoms with Gasteiger partial charge in [0.05, 0.1) is 40.3 Å². The molecule has 2 unspecified atom stereocenters. The minimum atomic E-state index is -1.12. The molecule has 0 N–H and O–H groups in total. The van der Waals surface area contributed by atoms with Crippen LogP contribution in [0.2, 0.25) is 0 Å². The van der Waals surface area contributed by atoms with Crippen LogP contribution in [0.25, 0.3) is 0 Å². The van der Waals surface area contributed by atoms with Crippen LogP contribution in [0.4, 0.5) is 0 Å². The van der Waals surface area contributed by atoms with Crippen LogP contribution in [0.15, 0.2) is 24.3 Å². The number of carboxylic acids is 1. The average molecular weight is 975 g/mol. The van der Waals surface area contributed by atoms with Crippen LogP contribution < -0.4 is 5.11 Å². The lowest BCUT2D eigenvalue weighted by molar-refractivity contribution is -0.889. The zero-order valence-electron chi connectivity index (χ0n) is 46.5. The maximum atomic E-state index is 12.8. The molecule has 0 rings (SSSR count). The van der Waals surface area contributed by atoms with Gasteiger partial charge in [-0.2, -0.15) is 0 Å². The second-order valence-electron chi connectivity index (χ2n) is 21.6. The number of likely N-dealkylation sites (N-methyl/N-ethyl adjacent to an activating group) is 1. The molecule has 0 saturated heterocycles. The number of nitrogens with zero attached hydrogens (tertiary/aromatic N) is 1. The van der Waals surface area contributed by atoms with Crippen molar-refractivity contribution in [2.45, 2.75) is 309 Å². The first-order valence-corrected chi connectivity index (χ1v) is 29.9. The molecule has 406 valence electrons. The number of carbonyl (C=O) groups excluding carboxylic acids is 3. The van der Waals surface area contributed by atoms with Gasteiger partial charge in [0.15, 0.2) is 6.10 Å². The Morgan fingerprint density at radius 1 is 0.435 bits per heavy atom. The van der Waals surface area contributed by atoms with Crippen molar-refractivity contribution in [2.24, 2.45) is 0 Å². The highest BCUT2D eigenvalue weighted by molar-refractivity contribution is 5.70. The number of quaternary nitrogens is 1. The molecule has 2 atom stereocenters. The standard InChI is InChI=1S/C61H115NO7/c1-6-8-10-12-14-16-18-20-22-24-26-28-30-32-34-36-38-40-42-44-46-48-50-52-60(64)69-57(55-67-54-53-58(61(65)66)62(3,4)5)56-68-59(63)51-49-47-45-43-41-39-37-35-33-31-29-27-25-23-21-19-17-15-13-11-9-7-2/h26,28,32,34,57-58H,6-25,27,29-31,33,35-56H2,1-5H3/b28-26+,34-32+. The van der Waals surface area contributed by atoms with E-state index < -0.39 is 18.1 Å². The summed E-state index contributed by atoms with van der Waals surface area (Å²) >= 11 is 0. The molecular formula is C61H115NO7. The number of carboxylic acid groups (broad SMARTS) is 1. The van der Waals surface area contributed by atoms with Crippen LogP contribution in [-0.4, -0.2) is 75.5 Å². The zero-order chi connectivity index (χ0) is 50.6. The van der Waals surface area contributed by atoms with E-state index in [0.717, 1.165) is 51.4 Å². The fraction of sp³-hybridized carbons (Fsp3) is 0.885. The highest BCUT2D eigenvalue weighted by atomic mass is 16.6. The number of carbonyl (C=O) groups is 3. The maximum Gasteiger partial charge on any atom is 0.306 e. The molecule has 0 aromatic carbocycles. The van der Waals surface area contributed by atoms with Crippen molar-refractivity contribution < 1.29 is 38.2 Å². The summed E-state index contributed by atoms with van der Waals surface area (Å²) in [5.41, 5.74) is 0. The van der Waals surface area contributed by atoms with E-state index in [1.165, 1.54) is 212 Å². The molecule has 0 fully saturated rings. The molecule has 0 bridgehead atoms. The predicted molar refractivity (Wildman–Crippen MR) is 291 cm³/mol. The molecule has 8 heteroatoms. The van der Waals surface area contributed by atoms with Crippen molar-refractivity contribution in [1.29, 1.82) is 0 Å². The Balaban J connectivity index is 4.14. The summed E-state index contributed by atoms with van der Waals surface area (Å²) in [7, 11) is 5.43. The van der Waals surface area contributed by atoms with E-state index in [0.29, 0.717) is 12.8 Å². The lowest BCUT2D eigenvalue weighted by Gasteiger charge is -2.34. The molecule has 8 nitrogen and oxygen atoms in total. The third kappa shape index (κ3) is 50.5. The molecule has 0 aliphatic heterocycles. The first kappa shape index (κ1) is 66.8. The number of allylic oxidation sites excluding steroid dienone is 4. The quantitative estimate of drug-likeness (QED) is 0.0259. The molecule has 0 heterocycles. The van der Waals surface area contributed by atoms with Gasteiger partial charge in [-0.3, -0.25) is 9.59 Å². The van der Waals surface area contributed by atoms with Gasteiger partial charge in [-0.1, -0.05) is 256 Å².